The second-order valence-corrected chi connectivity index (χ2v) is 6.37. The largest absolute Gasteiger partial charge is 0.337 e. The zero-order valence-corrected chi connectivity index (χ0v) is 12.9. The lowest BCUT2D eigenvalue weighted by atomic mass is 10.3. The van der Waals surface area contributed by atoms with Gasteiger partial charge in [0.1, 0.15) is 5.69 Å². The fourth-order valence-electron chi connectivity index (χ4n) is 1.68. The summed E-state index contributed by atoms with van der Waals surface area (Å²) in [6.45, 7) is 2.48. The maximum Gasteiger partial charge on any atom is 0.287 e. The fraction of sp³-hybridized carbons (Fsp3) is 0.273. The van der Waals surface area contributed by atoms with Gasteiger partial charge in [-0.15, -0.1) is 0 Å². The summed E-state index contributed by atoms with van der Waals surface area (Å²) >= 11 is 4.52. The van der Waals surface area contributed by atoms with E-state index in [1.165, 1.54) is 23.6 Å². The van der Waals surface area contributed by atoms with Crippen molar-refractivity contribution in [3.8, 4) is 0 Å². The first-order valence-electron chi connectivity index (χ1n) is 5.78. The molecular weight excluding hydrogens is 348 g/mol. The lowest BCUT2D eigenvalue weighted by Gasteiger charge is -2.05. The number of carbonyl (C=O) groups excluding carboxylic acids is 1. The predicted octanol–water partition coefficient (Wildman–Crippen LogP) is 3.28. The highest BCUT2D eigenvalue weighted by Gasteiger charge is 2.19. The van der Waals surface area contributed by atoms with Crippen molar-refractivity contribution in [2.24, 2.45) is 0 Å². The molecule has 0 saturated heterocycles. The Kier molecular flexibility index (Phi) is 4.50. The Bertz CT molecular complexity index is 652. The molecule has 0 atom stereocenters. The number of hydrogen-bond acceptors (Lipinski definition) is 5. The molecule has 2 aromatic heterocycles. The number of halogens is 1. The Balaban J connectivity index is 2.25. The molecule has 0 unspecified atom stereocenters. The molecule has 0 aliphatic heterocycles. The van der Waals surface area contributed by atoms with Crippen molar-refractivity contribution in [2.75, 3.05) is 5.32 Å². The fourth-order valence-corrected chi connectivity index (χ4v) is 2.79. The van der Waals surface area contributed by atoms with Gasteiger partial charge in [-0.25, -0.2) is 4.98 Å². The van der Waals surface area contributed by atoms with Crippen LogP contribution in [0, 0.1) is 10.1 Å². The van der Waals surface area contributed by atoms with Gasteiger partial charge in [0.05, 0.1) is 21.1 Å². The summed E-state index contributed by atoms with van der Waals surface area (Å²) < 4.78 is 2.37. The summed E-state index contributed by atoms with van der Waals surface area (Å²) in [6, 6.07) is 1.27. The van der Waals surface area contributed by atoms with Gasteiger partial charge in [0.2, 0.25) is 0 Å². The van der Waals surface area contributed by atoms with Crippen molar-refractivity contribution in [2.45, 2.75) is 19.9 Å². The van der Waals surface area contributed by atoms with Crippen LogP contribution in [0.15, 0.2) is 22.2 Å². The first kappa shape index (κ1) is 14.7. The lowest BCUT2D eigenvalue weighted by Crippen LogP contribution is -2.16. The van der Waals surface area contributed by atoms with E-state index in [9.17, 15) is 14.9 Å². The Morgan fingerprint density at radius 1 is 1.65 bits per heavy atom. The standard InChI is InChI=1S/C11H11BrN4O3S/c1-2-3-15-6-7(16(18)19)4-8(15)10(17)14-11-13-5-9(12)20-11/h4-6H,2-3H2,1H3,(H,13,14,17). The third kappa shape index (κ3) is 3.23. The molecule has 0 spiro atoms. The molecule has 0 saturated carbocycles. The van der Waals surface area contributed by atoms with E-state index < -0.39 is 10.8 Å². The summed E-state index contributed by atoms with van der Waals surface area (Å²) in [5, 5.41) is 13.9. The Hall–Kier alpha value is -1.74. The van der Waals surface area contributed by atoms with E-state index in [1.807, 2.05) is 6.92 Å². The highest BCUT2D eigenvalue weighted by Crippen LogP contribution is 2.24. The van der Waals surface area contributed by atoms with Gasteiger partial charge >= 0.3 is 0 Å². The molecule has 0 aliphatic carbocycles. The van der Waals surface area contributed by atoms with Gasteiger partial charge in [-0.05, 0) is 22.4 Å². The quantitative estimate of drug-likeness (QED) is 0.655. The maximum atomic E-state index is 12.2. The summed E-state index contributed by atoms with van der Waals surface area (Å²) in [5.74, 6) is -0.409. The number of carbonyl (C=O) groups is 1. The molecule has 0 fully saturated rings. The number of nitro groups is 1. The topological polar surface area (TPSA) is 90.1 Å². The highest BCUT2D eigenvalue weighted by molar-refractivity contribution is 9.11. The molecule has 1 amide bonds. The first-order chi connectivity index (χ1) is 9.51. The lowest BCUT2D eigenvalue weighted by molar-refractivity contribution is -0.384. The normalized spacial score (nSPS) is 10.5. The van der Waals surface area contributed by atoms with Crippen LogP contribution in [0.25, 0.3) is 0 Å². The van der Waals surface area contributed by atoms with E-state index in [0.717, 1.165) is 10.2 Å². The van der Waals surface area contributed by atoms with E-state index >= 15 is 0 Å². The maximum absolute atomic E-state index is 12.2. The highest BCUT2D eigenvalue weighted by atomic mass is 79.9. The van der Waals surface area contributed by atoms with Crippen molar-refractivity contribution in [3.63, 3.8) is 0 Å². The van der Waals surface area contributed by atoms with E-state index in [-0.39, 0.29) is 11.4 Å². The van der Waals surface area contributed by atoms with Crippen molar-refractivity contribution in [1.29, 1.82) is 0 Å². The van der Waals surface area contributed by atoms with Crippen LogP contribution in [0.2, 0.25) is 0 Å². The molecular formula is C11H11BrN4O3S. The molecule has 1 N–H and O–H groups in total. The monoisotopic (exact) mass is 358 g/mol. The number of anilines is 1. The van der Waals surface area contributed by atoms with Crippen LogP contribution in [0.3, 0.4) is 0 Å². The minimum Gasteiger partial charge on any atom is -0.337 e. The van der Waals surface area contributed by atoms with Gasteiger partial charge in [0.15, 0.2) is 5.13 Å². The van der Waals surface area contributed by atoms with E-state index in [0.29, 0.717) is 11.7 Å². The van der Waals surface area contributed by atoms with Crippen LogP contribution < -0.4 is 5.32 Å². The second-order valence-electron chi connectivity index (χ2n) is 3.96. The van der Waals surface area contributed by atoms with Crippen LogP contribution in [0.1, 0.15) is 23.8 Å². The minimum absolute atomic E-state index is 0.0936. The number of rotatable bonds is 5. The average molecular weight is 359 g/mol. The summed E-state index contributed by atoms with van der Waals surface area (Å²) in [4.78, 5) is 26.4. The molecule has 0 radical (unpaired) electrons. The molecule has 0 aromatic carbocycles. The Labute approximate surface area is 126 Å². The molecule has 20 heavy (non-hydrogen) atoms. The third-order valence-corrected chi connectivity index (χ3v) is 3.88. The molecule has 0 bridgehead atoms. The Morgan fingerprint density at radius 2 is 2.40 bits per heavy atom. The molecule has 9 heteroatoms. The molecule has 106 valence electrons. The number of hydrogen-bond donors (Lipinski definition) is 1. The summed E-state index contributed by atoms with van der Waals surface area (Å²) in [6.07, 6.45) is 3.72. The van der Waals surface area contributed by atoms with Gasteiger partial charge in [-0.1, -0.05) is 18.3 Å². The summed E-state index contributed by atoms with van der Waals surface area (Å²) in [7, 11) is 0. The zero-order valence-electron chi connectivity index (χ0n) is 10.5. The second kappa shape index (κ2) is 6.14. The average Bonchev–Trinajstić information content (AvgIpc) is 2.96. The number of amides is 1. The van der Waals surface area contributed by atoms with Gasteiger partial charge in [0, 0.05) is 12.6 Å². The van der Waals surface area contributed by atoms with Crippen LogP contribution in [-0.4, -0.2) is 20.4 Å². The number of aryl methyl sites for hydroxylation is 1. The molecule has 0 aliphatic rings. The van der Waals surface area contributed by atoms with Crippen LogP contribution in [0.4, 0.5) is 10.8 Å². The smallest absolute Gasteiger partial charge is 0.287 e. The molecule has 2 rings (SSSR count). The van der Waals surface area contributed by atoms with E-state index in [1.54, 1.807) is 10.8 Å². The zero-order chi connectivity index (χ0) is 14.7. The number of aromatic nitrogens is 2. The van der Waals surface area contributed by atoms with Gasteiger partial charge in [-0.3, -0.25) is 20.2 Å². The van der Waals surface area contributed by atoms with Crippen LogP contribution in [-0.2, 0) is 6.54 Å². The van der Waals surface area contributed by atoms with E-state index in [2.05, 4.69) is 26.2 Å². The summed E-state index contributed by atoms with van der Waals surface area (Å²) in [5.41, 5.74) is 0.161. The van der Waals surface area contributed by atoms with Crippen LogP contribution >= 0.6 is 27.3 Å². The Morgan fingerprint density at radius 3 is 2.95 bits per heavy atom. The van der Waals surface area contributed by atoms with Crippen molar-refractivity contribution >= 4 is 44.0 Å². The van der Waals surface area contributed by atoms with Gasteiger partial charge < -0.3 is 4.57 Å². The first-order valence-corrected chi connectivity index (χ1v) is 7.39. The SMILES string of the molecule is CCCn1cc([N+](=O)[O-])cc1C(=O)Nc1ncc(Br)s1. The van der Waals surface area contributed by atoms with Gasteiger partial charge in [0.25, 0.3) is 11.6 Å². The van der Waals surface area contributed by atoms with Crippen molar-refractivity contribution in [1.82, 2.24) is 9.55 Å². The van der Waals surface area contributed by atoms with Crippen molar-refractivity contribution < 1.29 is 9.72 Å². The van der Waals surface area contributed by atoms with Crippen LogP contribution in [0.5, 0.6) is 0 Å². The number of nitrogens with zero attached hydrogens (tertiary/aromatic N) is 3. The van der Waals surface area contributed by atoms with Gasteiger partial charge in [-0.2, -0.15) is 0 Å². The third-order valence-electron chi connectivity index (χ3n) is 2.49. The molecule has 2 aromatic rings. The van der Waals surface area contributed by atoms with E-state index in [4.69, 9.17) is 0 Å². The minimum atomic E-state index is -0.511. The molecule has 7 nitrogen and oxygen atoms in total. The predicted molar refractivity (Wildman–Crippen MR) is 79.1 cm³/mol. The number of nitrogens with one attached hydrogen (secondary N) is 1. The molecule has 2 heterocycles. The number of thiazole rings is 1. The van der Waals surface area contributed by atoms with Crippen molar-refractivity contribution in [3.05, 3.63) is 38.1 Å².